The molecule has 0 radical (unpaired) electrons. The Bertz CT molecular complexity index is 591. The van der Waals surface area contributed by atoms with Crippen LogP contribution in [-0.2, 0) is 19.1 Å². The van der Waals surface area contributed by atoms with Crippen molar-refractivity contribution < 1.29 is 23.8 Å². The molecule has 1 atom stereocenters. The van der Waals surface area contributed by atoms with Gasteiger partial charge in [0.25, 0.3) is 5.91 Å². The van der Waals surface area contributed by atoms with Gasteiger partial charge in [-0.3, -0.25) is 9.59 Å². The lowest BCUT2D eigenvalue weighted by Crippen LogP contribution is -2.53. The molecule has 2 amide bonds. The molecule has 25 heavy (non-hydrogen) atoms. The van der Waals surface area contributed by atoms with Crippen LogP contribution in [0.15, 0.2) is 30.3 Å². The van der Waals surface area contributed by atoms with E-state index in [9.17, 15) is 9.59 Å². The van der Waals surface area contributed by atoms with E-state index in [1.807, 2.05) is 18.2 Å². The Hall–Kier alpha value is -2.12. The largest absolute Gasteiger partial charge is 0.484 e. The monoisotopic (exact) mass is 348 g/mol. The van der Waals surface area contributed by atoms with E-state index in [4.69, 9.17) is 14.2 Å². The van der Waals surface area contributed by atoms with E-state index < -0.39 is 11.8 Å². The van der Waals surface area contributed by atoms with E-state index in [1.54, 1.807) is 24.0 Å². The number of hydrogen-bond donors (Lipinski definition) is 1. The van der Waals surface area contributed by atoms with Gasteiger partial charge in [-0.1, -0.05) is 18.2 Å². The Balaban J connectivity index is 1.42. The lowest BCUT2D eigenvalue weighted by molar-refractivity contribution is -0.187. The van der Waals surface area contributed by atoms with Crippen molar-refractivity contribution >= 4 is 11.8 Å². The third-order valence-electron chi connectivity index (χ3n) is 4.51. The minimum Gasteiger partial charge on any atom is -0.484 e. The number of benzene rings is 1. The van der Waals surface area contributed by atoms with Crippen LogP contribution < -0.4 is 10.1 Å². The molecule has 2 saturated heterocycles. The second kappa shape index (κ2) is 7.84. The summed E-state index contributed by atoms with van der Waals surface area (Å²) in [6.07, 6.45) is 1.33. The van der Waals surface area contributed by atoms with Gasteiger partial charge in [-0.25, -0.2) is 0 Å². The van der Waals surface area contributed by atoms with E-state index in [2.05, 4.69) is 5.32 Å². The molecule has 0 aliphatic carbocycles. The summed E-state index contributed by atoms with van der Waals surface area (Å²) in [4.78, 5) is 26.2. The summed E-state index contributed by atoms with van der Waals surface area (Å²) in [7, 11) is 0. The van der Waals surface area contributed by atoms with Crippen molar-refractivity contribution in [3.8, 4) is 5.75 Å². The highest BCUT2D eigenvalue weighted by molar-refractivity contribution is 5.87. The first-order valence-corrected chi connectivity index (χ1v) is 8.62. The number of ether oxygens (including phenoxy) is 3. The van der Waals surface area contributed by atoms with E-state index in [-0.39, 0.29) is 18.4 Å². The molecule has 0 bridgehead atoms. The van der Waals surface area contributed by atoms with Crippen molar-refractivity contribution in [1.29, 1.82) is 0 Å². The Morgan fingerprint density at radius 1 is 1.20 bits per heavy atom. The maximum Gasteiger partial charge on any atom is 0.258 e. The first-order valence-electron chi connectivity index (χ1n) is 8.62. The lowest BCUT2D eigenvalue weighted by atomic mass is 10.0. The normalized spacial score (nSPS) is 20.3. The molecule has 1 spiro atoms. The van der Waals surface area contributed by atoms with Gasteiger partial charge in [0.2, 0.25) is 5.91 Å². The third kappa shape index (κ3) is 4.49. The van der Waals surface area contributed by atoms with Crippen LogP contribution in [0.2, 0.25) is 0 Å². The number of rotatable bonds is 5. The third-order valence-corrected chi connectivity index (χ3v) is 4.51. The van der Waals surface area contributed by atoms with Crippen LogP contribution in [0.3, 0.4) is 0 Å². The lowest BCUT2D eigenvalue weighted by Gasteiger charge is -2.38. The molecule has 1 N–H and O–H groups in total. The van der Waals surface area contributed by atoms with Gasteiger partial charge in [0.05, 0.1) is 13.2 Å². The number of carbonyl (C=O) groups excluding carboxylic acids is 2. The standard InChI is InChI=1S/C18H24N2O5/c1-14(19-16(21)13-23-15-5-3-2-4-6-15)17(22)20-9-7-18(8-10-20)24-11-12-25-18/h2-6,14H,7-13H2,1H3,(H,19,21)/t14-/m0/s1. The summed E-state index contributed by atoms with van der Waals surface area (Å²) in [5, 5.41) is 2.69. The van der Waals surface area contributed by atoms with Gasteiger partial charge in [0.15, 0.2) is 12.4 Å². The molecule has 0 aromatic heterocycles. The number of hydrogen-bond acceptors (Lipinski definition) is 5. The van der Waals surface area contributed by atoms with Crippen molar-refractivity contribution in [2.75, 3.05) is 32.9 Å². The highest BCUT2D eigenvalue weighted by Gasteiger charge is 2.41. The molecule has 0 saturated carbocycles. The van der Waals surface area contributed by atoms with Gasteiger partial charge in [-0.05, 0) is 19.1 Å². The quantitative estimate of drug-likeness (QED) is 0.857. The Morgan fingerprint density at radius 2 is 1.84 bits per heavy atom. The van der Waals surface area contributed by atoms with Crippen molar-refractivity contribution in [1.82, 2.24) is 10.2 Å². The van der Waals surface area contributed by atoms with Gasteiger partial charge in [-0.15, -0.1) is 0 Å². The minimum atomic E-state index is -0.591. The average molecular weight is 348 g/mol. The summed E-state index contributed by atoms with van der Waals surface area (Å²) in [5.41, 5.74) is 0. The fourth-order valence-corrected chi connectivity index (χ4v) is 3.14. The smallest absolute Gasteiger partial charge is 0.258 e. The number of nitrogens with zero attached hydrogens (tertiary/aromatic N) is 1. The molecule has 7 nitrogen and oxygen atoms in total. The molecule has 3 rings (SSSR count). The highest BCUT2D eigenvalue weighted by Crippen LogP contribution is 2.31. The topological polar surface area (TPSA) is 77.1 Å². The summed E-state index contributed by atoms with van der Waals surface area (Å²) in [6.45, 7) is 3.94. The van der Waals surface area contributed by atoms with Gasteiger partial charge in [0.1, 0.15) is 11.8 Å². The number of amides is 2. The Morgan fingerprint density at radius 3 is 2.48 bits per heavy atom. The first kappa shape index (κ1) is 17.7. The molecular weight excluding hydrogens is 324 g/mol. The molecule has 1 aromatic carbocycles. The summed E-state index contributed by atoms with van der Waals surface area (Å²) in [6, 6.07) is 8.50. The molecule has 136 valence electrons. The van der Waals surface area contributed by atoms with Crippen molar-refractivity contribution in [3.63, 3.8) is 0 Å². The van der Waals surface area contributed by atoms with Crippen molar-refractivity contribution in [2.45, 2.75) is 31.6 Å². The molecule has 7 heteroatoms. The molecule has 2 fully saturated rings. The minimum absolute atomic E-state index is 0.0964. The van der Waals surface area contributed by atoms with E-state index >= 15 is 0 Å². The molecule has 2 heterocycles. The number of para-hydroxylation sites is 1. The number of likely N-dealkylation sites (tertiary alicyclic amines) is 1. The van der Waals surface area contributed by atoms with Crippen LogP contribution in [0.1, 0.15) is 19.8 Å². The van der Waals surface area contributed by atoms with Gasteiger partial charge in [0, 0.05) is 25.9 Å². The van der Waals surface area contributed by atoms with E-state index in [0.29, 0.717) is 44.9 Å². The highest BCUT2D eigenvalue weighted by atomic mass is 16.7. The zero-order valence-corrected chi connectivity index (χ0v) is 14.4. The fraction of sp³-hybridized carbons (Fsp3) is 0.556. The van der Waals surface area contributed by atoms with Crippen molar-refractivity contribution in [3.05, 3.63) is 30.3 Å². The van der Waals surface area contributed by atoms with Crippen LogP contribution in [0.5, 0.6) is 5.75 Å². The maximum atomic E-state index is 12.5. The molecule has 0 unspecified atom stereocenters. The zero-order valence-electron chi connectivity index (χ0n) is 14.4. The van der Waals surface area contributed by atoms with Gasteiger partial charge in [-0.2, -0.15) is 0 Å². The predicted octanol–water partition coefficient (Wildman–Crippen LogP) is 0.936. The molecule has 2 aliphatic heterocycles. The zero-order chi connectivity index (χ0) is 17.7. The first-order chi connectivity index (χ1) is 12.1. The number of nitrogens with one attached hydrogen (secondary N) is 1. The van der Waals surface area contributed by atoms with Crippen molar-refractivity contribution in [2.24, 2.45) is 0 Å². The molecule has 1 aromatic rings. The summed E-state index contributed by atoms with van der Waals surface area (Å²) < 4.78 is 16.7. The van der Waals surface area contributed by atoms with Gasteiger partial charge >= 0.3 is 0 Å². The van der Waals surface area contributed by atoms with Crippen LogP contribution in [0.4, 0.5) is 0 Å². The van der Waals surface area contributed by atoms with Crippen LogP contribution in [0, 0.1) is 0 Å². The number of piperidine rings is 1. The Kier molecular flexibility index (Phi) is 5.55. The molecule has 2 aliphatic rings. The predicted molar refractivity (Wildman–Crippen MR) is 90.0 cm³/mol. The van der Waals surface area contributed by atoms with Gasteiger partial charge < -0.3 is 24.4 Å². The fourth-order valence-electron chi connectivity index (χ4n) is 3.14. The summed E-state index contributed by atoms with van der Waals surface area (Å²) >= 11 is 0. The maximum absolute atomic E-state index is 12.5. The van der Waals surface area contributed by atoms with Crippen LogP contribution in [-0.4, -0.2) is 61.5 Å². The summed E-state index contributed by atoms with van der Waals surface area (Å²) in [5.74, 6) is -0.302. The SMILES string of the molecule is C[C@H](NC(=O)COc1ccccc1)C(=O)N1CCC2(CC1)OCCO2. The van der Waals surface area contributed by atoms with E-state index in [1.165, 1.54) is 0 Å². The second-order valence-corrected chi connectivity index (χ2v) is 6.32. The van der Waals surface area contributed by atoms with Crippen LogP contribution in [0.25, 0.3) is 0 Å². The second-order valence-electron chi connectivity index (χ2n) is 6.32. The van der Waals surface area contributed by atoms with E-state index in [0.717, 1.165) is 0 Å². The molecular formula is C18H24N2O5. The Labute approximate surface area is 147 Å². The number of carbonyl (C=O) groups is 2. The van der Waals surface area contributed by atoms with Crippen LogP contribution >= 0.6 is 0 Å². The average Bonchev–Trinajstić information content (AvgIpc) is 3.09.